The third-order valence-corrected chi connectivity index (χ3v) is 3.04. The van der Waals surface area contributed by atoms with E-state index in [0.29, 0.717) is 12.2 Å². The van der Waals surface area contributed by atoms with E-state index in [-0.39, 0.29) is 5.92 Å². The molecule has 11 heavy (non-hydrogen) atoms. The Balaban J connectivity index is 2.46. The summed E-state index contributed by atoms with van der Waals surface area (Å²) >= 11 is 1.55. The van der Waals surface area contributed by atoms with E-state index < -0.39 is 12.2 Å². The second kappa shape index (κ2) is 3.23. The Morgan fingerprint density at radius 3 is 2.45 bits per heavy atom. The van der Waals surface area contributed by atoms with Crippen LogP contribution in [0.1, 0.15) is 6.42 Å². The molecule has 2 unspecified atom stereocenters. The van der Waals surface area contributed by atoms with E-state index in [1.165, 1.54) is 0 Å². The summed E-state index contributed by atoms with van der Waals surface area (Å²) in [5.74, 6) is 1.01. The summed E-state index contributed by atoms with van der Waals surface area (Å²) in [7, 11) is 0. The SMILES string of the molecule is NC(C1CCSC1)C(F)(F)F. The lowest BCUT2D eigenvalue weighted by Gasteiger charge is -2.20. The molecule has 5 heteroatoms. The average Bonchev–Trinajstić information content (AvgIpc) is 2.34. The zero-order valence-corrected chi connectivity index (χ0v) is 6.71. The average molecular weight is 185 g/mol. The van der Waals surface area contributed by atoms with Crippen LogP contribution in [0, 0.1) is 5.92 Å². The summed E-state index contributed by atoms with van der Waals surface area (Å²) in [5, 5.41) is 0. The van der Waals surface area contributed by atoms with Crippen molar-refractivity contribution in [2.75, 3.05) is 11.5 Å². The first-order chi connectivity index (χ1) is 5.02. The molecule has 1 saturated heterocycles. The standard InChI is InChI=1S/C6H10F3NS/c7-6(8,9)5(10)4-1-2-11-3-4/h4-5H,1-3,10H2. The number of hydrogen-bond donors (Lipinski definition) is 1. The molecule has 0 aliphatic carbocycles. The molecule has 0 spiro atoms. The maximum Gasteiger partial charge on any atom is 0.403 e. The van der Waals surface area contributed by atoms with Crippen molar-refractivity contribution in [2.45, 2.75) is 18.6 Å². The van der Waals surface area contributed by atoms with Gasteiger partial charge in [0, 0.05) is 0 Å². The van der Waals surface area contributed by atoms with Crippen LogP contribution in [0.2, 0.25) is 0 Å². The van der Waals surface area contributed by atoms with Crippen LogP contribution in [-0.4, -0.2) is 23.7 Å². The van der Waals surface area contributed by atoms with E-state index in [2.05, 4.69) is 0 Å². The number of halogens is 3. The Morgan fingerprint density at radius 2 is 2.09 bits per heavy atom. The van der Waals surface area contributed by atoms with Crippen molar-refractivity contribution in [3.8, 4) is 0 Å². The Kier molecular flexibility index (Phi) is 2.70. The molecule has 1 rings (SSSR count). The molecule has 1 aliphatic heterocycles. The van der Waals surface area contributed by atoms with Gasteiger partial charge in [0.15, 0.2) is 0 Å². The fourth-order valence-corrected chi connectivity index (χ4v) is 2.42. The Labute approximate surface area is 67.5 Å². The highest BCUT2D eigenvalue weighted by Gasteiger charge is 2.42. The predicted molar refractivity (Wildman–Crippen MR) is 39.5 cm³/mol. The lowest BCUT2D eigenvalue weighted by Crippen LogP contribution is -2.43. The fourth-order valence-electron chi connectivity index (χ4n) is 1.10. The number of alkyl halides is 3. The monoisotopic (exact) mass is 185 g/mol. The summed E-state index contributed by atoms with van der Waals surface area (Å²) in [6, 6.07) is -1.61. The van der Waals surface area contributed by atoms with Gasteiger partial charge in [-0.25, -0.2) is 0 Å². The van der Waals surface area contributed by atoms with Crippen molar-refractivity contribution < 1.29 is 13.2 Å². The largest absolute Gasteiger partial charge is 0.403 e. The Hall–Kier alpha value is 0.100. The van der Waals surface area contributed by atoms with Crippen molar-refractivity contribution in [1.82, 2.24) is 0 Å². The van der Waals surface area contributed by atoms with Gasteiger partial charge in [0.1, 0.15) is 6.04 Å². The molecule has 1 nitrogen and oxygen atoms in total. The Morgan fingerprint density at radius 1 is 1.45 bits per heavy atom. The van der Waals surface area contributed by atoms with Gasteiger partial charge in [-0.15, -0.1) is 0 Å². The van der Waals surface area contributed by atoms with E-state index in [1.54, 1.807) is 11.8 Å². The fraction of sp³-hybridized carbons (Fsp3) is 1.00. The molecule has 1 aliphatic rings. The van der Waals surface area contributed by atoms with Gasteiger partial charge in [-0.2, -0.15) is 24.9 Å². The van der Waals surface area contributed by atoms with Gasteiger partial charge in [0.25, 0.3) is 0 Å². The second-order valence-corrected chi connectivity index (χ2v) is 3.84. The zero-order valence-electron chi connectivity index (χ0n) is 5.90. The minimum Gasteiger partial charge on any atom is -0.320 e. The van der Waals surface area contributed by atoms with Crippen LogP contribution in [0.15, 0.2) is 0 Å². The number of thioether (sulfide) groups is 1. The van der Waals surface area contributed by atoms with E-state index in [4.69, 9.17) is 5.73 Å². The molecule has 2 atom stereocenters. The molecular weight excluding hydrogens is 175 g/mol. The smallest absolute Gasteiger partial charge is 0.320 e. The van der Waals surface area contributed by atoms with Gasteiger partial charge in [0.2, 0.25) is 0 Å². The molecule has 2 N–H and O–H groups in total. The summed E-state index contributed by atoms with van der Waals surface area (Å²) < 4.78 is 35.9. The lowest BCUT2D eigenvalue weighted by molar-refractivity contribution is -0.156. The van der Waals surface area contributed by atoms with Crippen molar-refractivity contribution in [3.63, 3.8) is 0 Å². The van der Waals surface area contributed by atoms with Gasteiger partial charge in [0.05, 0.1) is 0 Å². The molecule has 0 aromatic rings. The minimum atomic E-state index is -4.21. The topological polar surface area (TPSA) is 26.0 Å². The van der Waals surface area contributed by atoms with Crippen LogP contribution in [0.4, 0.5) is 13.2 Å². The van der Waals surface area contributed by atoms with Crippen LogP contribution in [0.3, 0.4) is 0 Å². The van der Waals surface area contributed by atoms with Crippen LogP contribution in [0.5, 0.6) is 0 Å². The first-order valence-electron chi connectivity index (χ1n) is 3.42. The van der Waals surface area contributed by atoms with Crippen LogP contribution >= 0.6 is 11.8 Å². The molecule has 0 saturated carbocycles. The molecule has 1 fully saturated rings. The van der Waals surface area contributed by atoms with E-state index >= 15 is 0 Å². The normalized spacial score (nSPS) is 28.9. The molecule has 0 bridgehead atoms. The quantitative estimate of drug-likeness (QED) is 0.672. The third-order valence-electron chi connectivity index (χ3n) is 1.85. The van der Waals surface area contributed by atoms with E-state index in [0.717, 1.165) is 5.75 Å². The number of rotatable bonds is 1. The maximum atomic E-state index is 12.0. The lowest BCUT2D eigenvalue weighted by atomic mass is 10.00. The number of hydrogen-bond acceptors (Lipinski definition) is 2. The summed E-state index contributed by atoms with van der Waals surface area (Å²) in [6.07, 6.45) is -3.61. The van der Waals surface area contributed by atoms with E-state index in [1.807, 2.05) is 0 Å². The third kappa shape index (κ3) is 2.27. The molecule has 0 radical (unpaired) electrons. The molecule has 0 aromatic heterocycles. The number of nitrogens with two attached hydrogens (primary N) is 1. The zero-order chi connectivity index (χ0) is 8.48. The molecule has 0 amide bonds. The minimum absolute atomic E-state index is 0.361. The van der Waals surface area contributed by atoms with Crippen molar-refractivity contribution >= 4 is 11.8 Å². The molecular formula is C6H10F3NS. The van der Waals surface area contributed by atoms with Gasteiger partial charge in [-0.05, 0) is 23.8 Å². The van der Waals surface area contributed by atoms with Gasteiger partial charge >= 0.3 is 6.18 Å². The van der Waals surface area contributed by atoms with Crippen molar-refractivity contribution in [1.29, 1.82) is 0 Å². The highest BCUT2D eigenvalue weighted by Crippen LogP contribution is 2.32. The predicted octanol–water partition coefficient (Wildman–Crippen LogP) is 1.63. The Bertz CT molecular complexity index is 130. The van der Waals surface area contributed by atoms with Crippen molar-refractivity contribution in [2.24, 2.45) is 11.7 Å². The van der Waals surface area contributed by atoms with Crippen LogP contribution in [-0.2, 0) is 0 Å². The van der Waals surface area contributed by atoms with Gasteiger partial charge < -0.3 is 5.73 Å². The van der Waals surface area contributed by atoms with Crippen LogP contribution < -0.4 is 5.73 Å². The molecule has 0 aromatic carbocycles. The second-order valence-electron chi connectivity index (χ2n) is 2.69. The maximum absolute atomic E-state index is 12.0. The van der Waals surface area contributed by atoms with Crippen molar-refractivity contribution in [3.05, 3.63) is 0 Å². The van der Waals surface area contributed by atoms with Gasteiger partial charge in [-0.1, -0.05) is 0 Å². The summed E-state index contributed by atoms with van der Waals surface area (Å²) in [6.45, 7) is 0. The van der Waals surface area contributed by atoms with E-state index in [9.17, 15) is 13.2 Å². The van der Waals surface area contributed by atoms with Crippen LogP contribution in [0.25, 0.3) is 0 Å². The highest BCUT2D eigenvalue weighted by molar-refractivity contribution is 7.99. The summed E-state index contributed by atoms with van der Waals surface area (Å²) in [5.41, 5.74) is 5.02. The molecule has 66 valence electrons. The first-order valence-corrected chi connectivity index (χ1v) is 4.57. The van der Waals surface area contributed by atoms with Gasteiger partial charge in [-0.3, -0.25) is 0 Å². The molecule has 1 heterocycles. The summed E-state index contributed by atoms with van der Waals surface area (Å²) in [4.78, 5) is 0. The first kappa shape index (κ1) is 9.19. The highest BCUT2D eigenvalue weighted by atomic mass is 32.2.